The molecule has 1 aromatic rings. The summed E-state index contributed by atoms with van der Waals surface area (Å²) in [6.07, 6.45) is 0. The van der Waals surface area contributed by atoms with Gasteiger partial charge in [-0.25, -0.2) is 17.2 Å². The Morgan fingerprint density at radius 1 is 1.24 bits per heavy atom. The highest BCUT2D eigenvalue weighted by Crippen LogP contribution is 2.28. The van der Waals surface area contributed by atoms with Crippen LogP contribution in [0.25, 0.3) is 0 Å². The summed E-state index contributed by atoms with van der Waals surface area (Å²) in [4.78, 5) is 1.45. The molecule has 2 N–H and O–H groups in total. The second kappa shape index (κ2) is 5.19. The van der Waals surface area contributed by atoms with Crippen LogP contribution in [-0.4, -0.2) is 49.8 Å². The molecule has 21 heavy (non-hydrogen) atoms. The smallest absolute Gasteiger partial charge is 0.246 e. The number of hydrogen-bond acceptors (Lipinski definition) is 4. The van der Waals surface area contributed by atoms with Gasteiger partial charge in [0, 0.05) is 25.2 Å². The van der Waals surface area contributed by atoms with Crippen LogP contribution in [0.4, 0.5) is 14.5 Å². The third-order valence-corrected chi connectivity index (χ3v) is 5.85. The highest BCUT2D eigenvalue weighted by molar-refractivity contribution is 7.89. The molecule has 118 valence electrons. The molecule has 0 bridgehead atoms. The number of hydrogen-bond donors (Lipinski definition) is 1. The Morgan fingerprint density at radius 2 is 1.86 bits per heavy atom. The standard InChI is InChI=1S/C13H19F2N3O2S/c1-13(2)8-18(7-6-17(13)3)21(19,20)10-5-4-9(14)12(16)11(10)15/h4-5H,6-8,16H2,1-3H3. The van der Waals surface area contributed by atoms with Gasteiger partial charge in [-0.05, 0) is 33.0 Å². The van der Waals surface area contributed by atoms with E-state index in [1.165, 1.54) is 4.31 Å². The Kier molecular flexibility index (Phi) is 3.98. The van der Waals surface area contributed by atoms with Gasteiger partial charge in [0.1, 0.15) is 16.4 Å². The zero-order chi connectivity index (χ0) is 16.0. The monoisotopic (exact) mass is 319 g/mol. The number of piperazine rings is 1. The number of nitrogens with two attached hydrogens (primary N) is 1. The SMILES string of the molecule is CN1CCN(S(=O)(=O)c2ccc(F)c(N)c2F)CC1(C)C. The predicted octanol–water partition coefficient (Wildman–Crippen LogP) is 1.26. The number of benzene rings is 1. The molecule has 1 aliphatic heterocycles. The third-order valence-electron chi connectivity index (χ3n) is 3.99. The zero-order valence-electron chi connectivity index (χ0n) is 12.2. The van der Waals surface area contributed by atoms with E-state index < -0.39 is 32.2 Å². The summed E-state index contributed by atoms with van der Waals surface area (Å²) in [5, 5.41) is 0. The minimum absolute atomic E-state index is 0.225. The molecule has 0 amide bonds. The van der Waals surface area contributed by atoms with Gasteiger partial charge in [-0.1, -0.05) is 0 Å². The molecule has 1 heterocycles. The molecule has 1 saturated heterocycles. The first kappa shape index (κ1) is 16.1. The van der Waals surface area contributed by atoms with Crippen LogP contribution in [0.2, 0.25) is 0 Å². The van der Waals surface area contributed by atoms with Gasteiger partial charge in [-0.2, -0.15) is 4.31 Å². The van der Waals surface area contributed by atoms with Crippen LogP contribution in [-0.2, 0) is 10.0 Å². The molecule has 0 aliphatic carbocycles. The Hall–Kier alpha value is -1.25. The number of nitrogen functional groups attached to an aromatic ring is 1. The molecular weight excluding hydrogens is 300 g/mol. The molecular formula is C13H19F2N3O2S. The average Bonchev–Trinajstić information content (AvgIpc) is 2.38. The first-order valence-electron chi connectivity index (χ1n) is 6.52. The van der Waals surface area contributed by atoms with E-state index in [2.05, 4.69) is 0 Å². The number of rotatable bonds is 2. The van der Waals surface area contributed by atoms with Crippen molar-refractivity contribution < 1.29 is 17.2 Å². The summed E-state index contributed by atoms with van der Waals surface area (Å²) in [7, 11) is -2.14. The topological polar surface area (TPSA) is 66.6 Å². The normalized spacial score (nSPS) is 20.6. The van der Waals surface area contributed by atoms with E-state index in [1.807, 2.05) is 25.8 Å². The van der Waals surface area contributed by atoms with Crippen molar-refractivity contribution in [1.82, 2.24) is 9.21 Å². The van der Waals surface area contributed by atoms with Crippen molar-refractivity contribution in [3.05, 3.63) is 23.8 Å². The lowest BCUT2D eigenvalue weighted by Gasteiger charge is -2.44. The zero-order valence-corrected chi connectivity index (χ0v) is 13.0. The number of halogens is 2. The fourth-order valence-electron chi connectivity index (χ4n) is 2.29. The maximum absolute atomic E-state index is 14.0. The molecule has 1 fully saturated rings. The van der Waals surface area contributed by atoms with Gasteiger partial charge < -0.3 is 5.73 Å². The van der Waals surface area contributed by atoms with Crippen LogP contribution in [0.3, 0.4) is 0 Å². The fraction of sp³-hybridized carbons (Fsp3) is 0.538. The van der Waals surface area contributed by atoms with Crippen LogP contribution < -0.4 is 5.73 Å². The van der Waals surface area contributed by atoms with Crippen molar-refractivity contribution in [1.29, 1.82) is 0 Å². The van der Waals surface area contributed by atoms with E-state index >= 15 is 0 Å². The van der Waals surface area contributed by atoms with Crippen molar-refractivity contribution in [3.63, 3.8) is 0 Å². The van der Waals surface area contributed by atoms with E-state index in [4.69, 9.17) is 5.73 Å². The molecule has 0 radical (unpaired) electrons. The third kappa shape index (κ3) is 2.75. The number of nitrogens with zero attached hydrogens (tertiary/aromatic N) is 2. The van der Waals surface area contributed by atoms with E-state index in [0.29, 0.717) is 6.54 Å². The van der Waals surface area contributed by atoms with Crippen molar-refractivity contribution in [2.45, 2.75) is 24.3 Å². The van der Waals surface area contributed by atoms with Crippen molar-refractivity contribution in [2.75, 3.05) is 32.4 Å². The second-order valence-corrected chi connectivity index (χ2v) is 7.75. The largest absolute Gasteiger partial charge is 0.394 e. The first-order valence-corrected chi connectivity index (χ1v) is 7.96. The van der Waals surface area contributed by atoms with Crippen molar-refractivity contribution in [2.24, 2.45) is 0 Å². The lowest BCUT2D eigenvalue weighted by molar-refractivity contribution is 0.0800. The molecule has 0 saturated carbocycles. The number of likely N-dealkylation sites (N-methyl/N-ethyl adjacent to an activating group) is 1. The Morgan fingerprint density at radius 3 is 2.43 bits per heavy atom. The first-order chi connectivity index (χ1) is 9.57. The molecule has 0 unspecified atom stereocenters. The minimum Gasteiger partial charge on any atom is -0.394 e. The summed E-state index contributed by atoms with van der Waals surface area (Å²) in [5.74, 6) is -2.20. The Labute approximate surface area is 123 Å². The summed E-state index contributed by atoms with van der Waals surface area (Å²) in [6, 6.07) is 1.79. The van der Waals surface area contributed by atoms with Gasteiger partial charge >= 0.3 is 0 Å². The van der Waals surface area contributed by atoms with Crippen LogP contribution in [0.15, 0.2) is 17.0 Å². The summed E-state index contributed by atoms with van der Waals surface area (Å²) < 4.78 is 53.5. The van der Waals surface area contributed by atoms with Crippen LogP contribution >= 0.6 is 0 Å². The van der Waals surface area contributed by atoms with Crippen LogP contribution in [0.5, 0.6) is 0 Å². The lowest BCUT2D eigenvalue weighted by Crippen LogP contribution is -2.58. The Bertz CT molecular complexity index is 662. The quantitative estimate of drug-likeness (QED) is 0.834. The molecule has 8 heteroatoms. The molecule has 0 aromatic heterocycles. The molecule has 5 nitrogen and oxygen atoms in total. The fourth-order valence-corrected chi connectivity index (χ4v) is 3.95. The van der Waals surface area contributed by atoms with E-state index in [1.54, 1.807) is 0 Å². The van der Waals surface area contributed by atoms with Gasteiger partial charge in [-0.3, -0.25) is 4.90 Å². The predicted molar refractivity (Wildman–Crippen MR) is 76.2 cm³/mol. The molecule has 1 aromatic carbocycles. The summed E-state index contributed by atoms with van der Waals surface area (Å²) in [5.41, 5.74) is 4.10. The number of sulfonamides is 1. The van der Waals surface area contributed by atoms with Crippen molar-refractivity contribution >= 4 is 15.7 Å². The molecule has 0 atom stereocenters. The number of anilines is 1. The van der Waals surface area contributed by atoms with Gasteiger partial charge in [0.2, 0.25) is 10.0 Å². The van der Waals surface area contributed by atoms with E-state index in [9.17, 15) is 17.2 Å². The van der Waals surface area contributed by atoms with Gasteiger partial charge in [0.25, 0.3) is 0 Å². The second-order valence-electron chi connectivity index (χ2n) is 5.85. The maximum atomic E-state index is 14.0. The van der Waals surface area contributed by atoms with Crippen LogP contribution in [0.1, 0.15) is 13.8 Å². The molecule has 0 spiro atoms. The van der Waals surface area contributed by atoms with Gasteiger partial charge in [0.15, 0.2) is 5.82 Å². The molecule has 2 rings (SSSR count). The minimum atomic E-state index is -4.04. The average molecular weight is 319 g/mol. The summed E-state index contributed by atoms with van der Waals surface area (Å²) >= 11 is 0. The summed E-state index contributed by atoms with van der Waals surface area (Å²) in [6.45, 7) is 4.82. The van der Waals surface area contributed by atoms with Gasteiger partial charge in [-0.15, -0.1) is 0 Å². The van der Waals surface area contributed by atoms with E-state index in [-0.39, 0.29) is 18.6 Å². The molecule has 1 aliphatic rings. The van der Waals surface area contributed by atoms with E-state index in [0.717, 1.165) is 12.1 Å². The van der Waals surface area contributed by atoms with Crippen molar-refractivity contribution in [3.8, 4) is 0 Å². The highest BCUT2D eigenvalue weighted by atomic mass is 32.2. The lowest BCUT2D eigenvalue weighted by atomic mass is 10.0. The Balaban J connectivity index is 2.42. The maximum Gasteiger partial charge on any atom is 0.246 e. The van der Waals surface area contributed by atoms with Gasteiger partial charge in [0.05, 0.1) is 0 Å². The van der Waals surface area contributed by atoms with Crippen LogP contribution in [0, 0.1) is 11.6 Å². The highest BCUT2D eigenvalue weighted by Gasteiger charge is 2.38.